The molecule has 1 aliphatic rings. The summed E-state index contributed by atoms with van der Waals surface area (Å²) in [5.41, 5.74) is 2.37. The van der Waals surface area contributed by atoms with Crippen LogP contribution in [0.15, 0.2) is 24.3 Å². The van der Waals surface area contributed by atoms with Crippen LogP contribution in [0.3, 0.4) is 0 Å². The van der Waals surface area contributed by atoms with E-state index in [-0.39, 0.29) is 18.1 Å². The van der Waals surface area contributed by atoms with Gasteiger partial charge in [0.05, 0.1) is 12.7 Å². The van der Waals surface area contributed by atoms with E-state index >= 15 is 0 Å². The third-order valence-electron chi connectivity index (χ3n) is 3.46. The van der Waals surface area contributed by atoms with Crippen molar-refractivity contribution in [1.29, 1.82) is 0 Å². The second-order valence-electron chi connectivity index (χ2n) is 5.19. The highest BCUT2D eigenvalue weighted by molar-refractivity contribution is 5.82. The largest absolute Gasteiger partial charge is 0.375 e. The zero-order valence-corrected chi connectivity index (χ0v) is 11.8. The highest BCUT2D eigenvalue weighted by Crippen LogP contribution is 2.11. The number of hydrogen-bond donors (Lipinski definition) is 1. The summed E-state index contributed by atoms with van der Waals surface area (Å²) in [6.07, 6.45) is -0.0683. The number of likely N-dealkylation sites (N-methyl/N-ethyl adjacent to an activating group) is 1. The molecule has 4 nitrogen and oxygen atoms in total. The number of benzene rings is 1. The molecular weight excluding hydrogens is 240 g/mol. The molecule has 0 saturated carbocycles. The van der Waals surface area contributed by atoms with Gasteiger partial charge in [-0.15, -0.1) is 0 Å². The van der Waals surface area contributed by atoms with Gasteiger partial charge in [0.25, 0.3) is 0 Å². The van der Waals surface area contributed by atoms with Crippen molar-refractivity contribution in [3.63, 3.8) is 0 Å². The zero-order valence-electron chi connectivity index (χ0n) is 11.8. The molecule has 0 unspecified atom stereocenters. The number of ether oxygens (including phenoxy) is 1. The van der Waals surface area contributed by atoms with Crippen LogP contribution in [-0.4, -0.2) is 43.2 Å². The van der Waals surface area contributed by atoms with Crippen molar-refractivity contribution < 1.29 is 9.53 Å². The Morgan fingerprint density at radius 2 is 2.32 bits per heavy atom. The fourth-order valence-corrected chi connectivity index (χ4v) is 2.41. The SMILES string of the molecule is Cc1cccc(CN(C)C(=O)[C@H]2NCCO[C@@H]2C)c1. The lowest BCUT2D eigenvalue weighted by Crippen LogP contribution is -2.55. The molecule has 1 heterocycles. The van der Waals surface area contributed by atoms with Crippen molar-refractivity contribution in [2.45, 2.75) is 32.5 Å². The topological polar surface area (TPSA) is 41.6 Å². The number of nitrogens with one attached hydrogen (secondary N) is 1. The number of hydrogen-bond acceptors (Lipinski definition) is 3. The van der Waals surface area contributed by atoms with Gasteiger partial charge in [-0.1, -0.05) is 29.8 Å². The summed E-state index contributed by atoms with van der Waals surface area (Å²) in [6, 6.07) is 8.00. The lowest BCUT2D eigenvalue weighted by molar-refractivity contribution is -0.138. The molecule has 0 bridgehead atoms. The van der Waals surface area contributed by atoms with Gasteiger partial charge in [-0.3, -0.25) is 4.79 Å². The van der Waals surface area contributed by atoms with E-state index in [9.17, 15) is 4.79 Å². The van der Waals surface area contributed by atoms with Crippen LogP contribution < -0.4 is 5.32 Å². The molecule has 1 amide bonds. The van der Waals surface area contributed by atoms with E-state index in [2.05, 4.69) is 24.4 Å². The summed E-state index contributed by atoms with van der Waals surface area (Å²) < 4.78 is 5.52. The fourth-order valence-electron chi connectivity index (χ4n) is 2.41. The molecule has 2 rings (SSSR count). The van der Waals surface area contributed by atoms with Crippen molar-refractivity contribution >= 4 is 5.91 Å². The Bertz CT molecular complexity index is 448. The minimum Gasteiger partial charge on any atom is -0.375 e. The van der Waals surface area contributed by atoms with Crippen LogP contribution in [0.1, 0.15) is 18.1 Å². The third-order valence-corrected chi connectivity index (χ3v) is 3.46. The zero-order chi connectivity index (χ0) is 13.8. The van der Waals surface area contributed by atoms with Crippen molar-refractivity contribution in [2.75, 3.05) is 20.2 Å². The van der Waals surface area contributed by atoms with Crippen molar-refractivity contribution in [3.05, 3.63) is 35.4 Å². The van der Waals surface area contributed by atoms with Crippen molar-refractivity contribution in [3.8, 4) is 0 Å². The maximum absolute atomic E-state index is 12.4. The summed E-state index contributed by atoms with van der Waals surface area (Å²) in [5, 5.41) is 3.23. The van der Waals surface area contributed by atoms with Crippen LogP contribution in [0, 0.1) is 6.92 Å². The van der Waals surface area contributed by atoms with Gasteiger partial charge >= 0.3 is 0 Å². The molecule has 2 atom stereocenters. The maximum atomic E-state index is 12.4. The van der Waals surface area contributed by atoms with Gasteiger partial charge < -0.3 is 15.0 Å². The number of nitrogens with zero attached hydrogens (tertiary/aromatic N) is 1. The molecule has 1 fully saturated rings. The van der Waals surface area contributed by atoms with E-state index in [1.807, 2.05) is 26.1 Å². The molecule has 1 aromatic rings. The highest BCUT2D eigenvalue weighted by Gasteiger charge is 2.30. The monoisotopic (exact) mass is 262 g/mol. The lowest BCUT2D eigenvalue weighted by atomic mass is 10.1. The standard InChI is InChI=1S/C15H22N2O2/c1-11-5-4-6-13(9-11)10-17(3)15(18)14-12(2)19-8-7-16-14/h4-6,9,12,14,16H,7-8,10H2,1-3H3/t12-,14+/m1/s1. The molecular formula is C15H22N2O2. The average molecular weight is 262 g/mol. The molecule has 0 aromatic heterocycles. The first kappa shape index (κ1) is 14.0. The Kier molecular flexibility index (Phi) is 4.56. The van der Waals surface area contributed by atoms with Gasteiger partial charge in [-0.2, -0.15) is 0 Å². The minimum atomic E-state index is -0.233. The van der Waals surface area contributed by atoms with Gasteiger partial charge in [0.2, 0.25) is 5.91 Å². The molecule has 1 N–H and O–H groups in total. The van der Waals surface area contributed by atoms with Crippen LogP contribution in [-0.2, 0) is 16.1 Å². The van der Waals surface area contributed by atoms with Crippen LogP contribution in [0.25, 0.3) is 0 Å². The Balaban J connectivity index is 1.99. The van der Waals surface area contributed by atoms with Crippen LogP contribution >= 0.6 is 0 Å². The molecule has 104 valence electrons. The first-order chi connectivity index (χ1) is 9.08. The Labute approximate surface area is 114 Å². The predicted molar refractivity (Wildman–Crippen MR) is 74.9 cm³/mol. The first-order valence-corrected chi connectivity index (χ1v) is 6.73. The summed E-state index contributed by atoms with van der Waals surface area (Å²) in [7, 11) is 1.84. The summed E-state index contributed by atoms with van der Waals surface area (Å²) in [6.45, 7) is 6.04. The van der Waals surface area contributed by atoms with Crippen LogP contribution in [0.4, 0.5) is 0 Å². The number of amides is 1. The lowest BCUT2D eigenvalue weighted by Gasteiger charge is -2.32. The van der Waals surface area contributed by atoms with E-state index in [0.29, 0.717) is 13.2 Å². The van der Waals surface area contributed by atoms with Gasteiger partial charge in [0.15, 0.2) is 0 Å². The van der Waals surface area contributed by atoms with Crippen LogP contribution in [0.2, 0.25) is 0 Å². The first-order valence-electron chi connectivity index (χ1n) is 6.73. The minimum absolute atomic E-state index is 0.0683. The second-order valence-corrected chi connectivity index (χ2v) is 5.19. The fraction of sp³-hybridized carbons (Fsp3) is 0.533. The Hall–Kier alpha value is -1.39. The van der Waals surface area contributed by atoms with Gasteiger partial charge in [-0.05, 0) is 19.4 Å². The van der Waals surface area contributed by atoms with Crippen LogP contribution in [0.5, 0.6) is 0 Å². The van der Waals surface area contributed by atoms with Gasteiger partial charge in [0, 0.05) is 20.1 Å². The normalized spacial score (nSPS) is 23.1. The maximum Gasteiger partial charge on any atom is 0.242 e. The summed E-state index contributed by atoms with van der Waals surface area (Å²) in [4.78, 5) is 14.1. The third kappa shape index (κ3) is 3.55. The molecule has 0 spiro atoms. The number of rotatable bonds is 3. The summed E-state index contributed by atoms with van der Waals surface area (Å²) in [5.74, 6) is 0.0914. The van der Waals surface area contributed by atoms with E-state index in [4.69, 9.17) is 4.74 Å². The Morgan fingerprint density at radius 3 is 3.00 bits per heavy atom. The number of carbonyl (C=O) groups excluding carboxylic acids is 1. The molecule has 1 aliphatic heterocycles. The average Bonchev–Trinajstić information content (AvgIpc) is 2.38. The van der Waals surface area contributed by atoms with Crippen molar-refractivity contribution in [2.24, 2.45) is 0 Å². The van der Waals surface area contributed by atoms with E-state index in [1.165, 1.54) is 5.56 Å². The molecule has 1 saturated heterocycles. The number of carbonyl (C=O) groups is 1. The van der Waals surface area contributed by atoms with Gasteiger partial charge in [0.1, 0.15) is 6.04 Å². The molecule has 19 heavy (non-hydrogen) atoms. The molecule has 4 heteroatoms. The van der Waals surface area contributed by atoms with Crippen molar-refractivity contribution in [1.82, 2.24) is 10.2 Å². The second kappa shape index (κ2) is 6.17. The number of aryl methyl sites for hydroxylation is 1. The quantitative estimate of drug-likeness (QED) is 0.893. The molecule has 1 aromatic carbocycles. The molecule has 0 aliphatic carbocycles. The van der Waals surface area contributed by atoms with Gasteiger partial charge in [-0.25, -0.2) is 0 Å². The smallest absolute Gasteiger partial charge is 0.242 e. The van der Waals surface area contributed by atoms with E-state index < -0.39 is 0 Å². The number of morpholine rings is 1. The van der Waals surface area contributed by atoms with E-state index in [1.54, 1.807) is 4.90 Å². The van der Waals surface area contributed by atoms with E-state index in [0.717, 1.165) is 12.1 Å². The molecule has 0 radical (unpaired) electrons. The highest BCUT2D eigenvalue weighted by atomic mass is 16.5. The summed E-state index contributed by atoms with van der Waals surface area (Å²) >= 11 is 0. The Morgan fingerprint density at radius 1 is 1.53 bits per heavy atom. The predicted octanol–water partition coefficient (Wildman–Crippen LogP) is 1.33.